The molecule has 0 bridgehead atoms. The number of hydrogen-bond acceptors (Lipinski definition) is 3. The fourth-order valence-electron chi connectivity index (χ4n) is 4.73. The van der Waals surface area contributed by atoms with Gasteiger partial charge in [0, 0.05) is 0 Å². The Morgan fingerprint density at radius 2 is 1.76 bits per heavy atom. The smallest absolute Gasteiger partial charge is 0.0859 e. The molecule has 1 aromatic heterocycles. The Labute approximate surface area is 153 Å². The standard InChI is InChI=1S/C21H37N3O/c1-7-13-21(6,8-2)25-14-17-15-9-11-18-19(12-10-16(15)17)24(23-22-18)20(3,4)5/h15-17H,7-14H2,1-6H3/t15-,16+,17-,21?/m0/s1. The SMILES string of the molecule is CCCC(C)(CC)OC[C@@H]1[C@@H]2CCc3c(nnn3C(C)(C)C)CC[C@@H]21. The largest absolute Gasteiger partial charge is 0.375 e. The molecular formula is C21H37N3O. The van der Waals surface area contributed by atoms with Crippen LogP contribution in [0, 0.1) is 17.8 Å². The second-order valence-corrected chi connectivity index (χ2v) is 9.50. The van der Waals surface area contributed by atoms with E-state index >= 15 is 0 Å². The van der Waals surface area contributed by atoms with Crippen molar-refractivity contribution in [1.29, 1.82) is 0 Å². The fourth-order valence-corrected chi connectivity index (χ4v) is 4.73. The second kappa shape index (κ2) is 7.02. The van der Waals surface area contributed by atoms with E-state index in [-0.39, 0.29) is 11.1 Å². The summed E-state index contributed by atoms with van der Waals surface area (Å²) in [5.41, 5.74) is 2.71. The Morgan fingerprint density at radius 1 is 1.08 bits per heavy atom. The summed E-state index contributed by atoms with van der Waals surface area (Å²) >= 11 is 0. The zero-order chi connectivity index (χ0) is 18.2. The predicted octanol–water partition coefficient (Wildman–Crippen LogP) is 4.76. The van der Waals surface area contributed by atoms with Crippen LogP contribution in [0.15, 0.2) is 0 Å². The molecule has 0 amide bonds. The van der Waals surface area contributed by atoms with Crippen molar-refractivity contribution in [2.45, 2.75) is 97.6 Å². The predicted molar refractivity (Wildman–Crippen MR) is 102 cm³/mol. The van der Waals surface area contributed by atoms with Crippen LogP contribution in [0.25, 0.3) is 0 Å². The van der Waals surface area contributed by atoms with Crippen molar-refractivity contribution < 1.29 is 4.74 Å². The van der Waals surface area contributed by atoms with Crippen molar-refractivity contribution >= 4 is 0 Å². The molecule has 1 unspecified atom stereocenters. The van der Waals surface area contributed by atoms with Crippen LogP contribution in [0.4, 0.5) is 0 Å². The minimum Gasteiger partial charge on any atom is -0.375 e. The number of hydrogen-bond donors (Lipinski definition) is 0. The van der Waals surface area contributed by atoms with E-state index in [0.29, 0.717) is 0 Å². The third-order valence-electron chi connectivity index (χ3n) is 6.57. The van der Waals surface area contributed by atoms with E-state index in [4.69, 9.17) is 4.74 Å². The van der Waals surface area contributed by atoms with Crippen molar-refractivity contribution in [3.63, 3.8) is 0 Å². The first kappa shape index (κ1) is 18.9. The second-order valence-electron chi connectivity index (χ2n) is 9.50. The lowest BCUT2D eigenvalue weighted by Crippen LogP contribution is -2.28. The summed E-state index contributed by atoms with van der Waals surface area (Å²) in [6, 6.07) is 0. The number of aryl methyl sites for hydroxylation is 1. The van der Waals surface area contributed by atoms with Gasteiger partial charge in [0.25, 0.3) is 0 Å². The van der Waals surface area contributed by atoms with Crippen LogP contribution in [0.3, 0.4) is 0 Å². The molecule has 142 valence electrons. The maximum absolute atomic E-state index is 6.42. The van der Waals surface area contributed by atoms with Crippen LogP contribution < -0.4 is 0 Å². The van der Waals surface area contributed by atoms with Crippen LogP contribution in [0.1, 0.15) is 85.0 Å². The maximum Gasteiger partial charge on any atom is 0.0859 e. The topological polar surface area (TPSA) is 39.9 Å². The number of rotatable bonds is 6. The van der Waals surface area contributed by atoms with Crippen LogP contribution in [0.5, 0.6) is 0 Å². The molecule has 0 saturated heterocycles. The monoisotopic (exact) mass is 347 g/mol. The summed E-state index contributed by atoms with van der Waals surface area (Å²) < 4.78 is 8.58. The van der Waals surface area contributed by atoms with E-state index in [9.17, 15) is 0 Å². The summed E-state index contributed by atoms with van der Waals surface area (Å²) in [5, 5.41) is 8.96. The average molecular weight is 348 g/mol. The van der Waals surface area contributed by atoms with E-state index in [1.165, 1.54) is 37.1 Å². The summed E-state index contributed by atoms with van der Waals surface area (Å²) in [6.45, 7) is 14.4. The van der Waals surface area contributed by atoms with E-state index in [1.54, 1.807) is 0 Å². The van der Waals surface area contributed by atoms with Crippen molar-refractivity contribution in [3.05, 3.63) is 11.4 Å². The molecule has 4 atom stereocenters. The van der Waals surface area contributed by atoms with Gasteiger partial charge in [-0.2, -0.15) is 0 Å². The van der Waals surface area contributed by atoms with Crippen LogP contribution in [-0.4, -0.2) is 27.2 Å². The minimum absolute atomic E-state index is 0.0222. The van der Waals surface area contributed by atoms with Crippen LogP contribution in [-0.2, 0) is 23.1 Å². The molecule has 0 aromatic carbocycles. The van der Waals surface area contributed by atoms with Crippen molar-refractivity contribution in [2.24, 2.45) is 17.8 Å². The van der Waals surface area contributed by atoms with E-state index < -0.39 is 0 Å². The number of nitrogens with zero attached hydrogens (tertiary/aromatic N) is 3. The first-order valence-electron chi connectivity index (χ1n) is 10.4. The van der Waals surface area contributed by atoms with Crippen molar-refractivity contribution in [2.75, 3.05) is 6.61 Å². The number of ether oxygens (including phenoxy) is 1. The van der Waals surface area contributed by atoms with Gasteiger partial charge in [-0.05, 0) is 84.0 Å². The summed E-state index contributed by atoms with van der Waals surface area (Å²) in [7, 11) is 0. The molecule has 0 aliphatic heterocycles. The zero-order valence-corrected chi connectivity index (χ0v) is 17.1. The quantitative estimate of drug-likeness (QED) is 0.745. The van der Waals surface area contributed by atoms with Gasteiger partial charge in [-0.25, -0.2) is 4.68 Å². The zero-order valence-electron chi connectivity index (χ0n) is 17.1. The third kappa shape index (κ3) is 3.94. The average Bonchev–Trinajstić information content (AvgIpc) is 3.01. The van der Waals surface area contributed by atoms with Gasteiger partial charge >= 0.3 is 0 Å². The Kier molecular flexibility index (Phi) is 5.30. The van der Waals surface area contributed by atoms with Crippen LogP contribution in [0.2, 0.25) is 0 Å². The third-order valence-corrected chi connectivity index (χ3v) is 6.57. The van der Waals surface area contributed by atoms with E-state index in [1.807, 2.05) is 0 Å². The van der Waals surface area contributed by atoms with E-state index in [0.717, 1.165) is 43.6 Å². The fraction of sp³-hybridized carbons (Fsp3) is 0.905. The first-order valence-corrected chi connectivity index (χ1v) is 10.4. The summed E-state index contributed by atoms with van der Waals surface area (Å²) in [4.78, 5) is 0. The maximum atomic E-state index is 6.42. The van der Waals surface area contributed by atoms with Gasteiger partial charge in [-0.15, -0.1) is 5.10 Å². The highest BCUT2D eigenvalue weighted by atomic mass is 16.5. The normalized spacial score (nSPS) is 28.5. The van der Waals surface area contributed by atoms with E-state index in [2.05, 4.69) is 56.5 Å². The lowest BCUT2D eigenvalue weighted by molar-refractivity contribution is -0.0485. The Hall–Kier alpha value is -0.900. The van der Waals surface area contributed by atoms with Crippen LogP contribution >= 0.6 is 0 Å². The van der Waals surface area contributed by atoms with Crippen molar-refractivity contribution in [1.82, 2.24) is 15.0 Å². The molecule has 25 heavy (non-hydrogen) atoms. The molecule has 1 fully saturated rings. The Morgan fingerprint density at radius 3 is 2.36 bits per heavy atom. The van der Waals surface area contributed by atoms with Gasteiger partial charge in [0.2, 0.25) is 0 Å². The van der Waals surface area contributed by atoms with Crippen molar-refractivity contribution in [3.8, 4) is 0 Å². The lowest BCUT2D eigenvalue weighted by Gasteiger charge is -2.28. The van der Waals surface area contributed by atoms with Gasteiger partial charge in [0.1, 0.15) is 0 Å². The highest BCUT2D eigenvalue weighted by molar-refractivity contribution is 5.16. The van der Waals surface area contributed by atoms with Gasteiger partial charge < -0.3 is 4.74 Å². The van der Waals surface area contributed by atoms with Gasteiger partial charge in [0.15, 0.2) is 0 Å². The molecule has 0 radical (unpaired) electrons. The summed E-state index contributed by atoms with van der Waals surface area (Å²) in [5.74, 6) is 2.46. The van der Waals surface area contributed by atoms with Gasteiger partial charge in [-0.1, -0.05) is 25.5 Å². The molecule has 2 aliphatic rings. The molecule has 0 spiro atoms. The molecule has 1 heterocycles. The molecular weight excluding hydrogens is 310 g/mol. The minimum atomic E-state index is 0.0222. The molecule has 3 rings (SSSR count). The molecule has 4 heteroatoms. The first-order chi connectivity index (χ1) is 11.8. The van der Waals surface area contributed by atoms with Gasteiger partial charge in [-0.3, -0.25) is 0 Å². The Bertz CT molecular complexity index is 588. The highest BCUT2D eigenvalue weighted by Crippen LogP contribution is 2.53. The molecule has 2 aliphatic carbocycles. The Balaban J connectivity index is 1.61. The molecule has 1 saturated carbocycles. The highest BCUT2D eigenvalue weighted by Gasteiger charge is 2.50. The molecule has 1 aromatic rings. The lowest BCUT2D eigenvalue weighted by atomic mass is 9.97. The summed E-state index contributed by atoms with van der Waals surface area (Å²) in [6.07, 6.45) is 8.21. The number of aromatic nitrogens is 3. The number of fused-ring (bicyclic) bond motifs is 2. The van der Waals surface area contributed by atoms with Gasteiger partial charge in [0.05, 0.1) is 29.1 Å². The molecule has 4 nitrogen and oxygen atoms in total. The molecule has 0 N–H and O–H groups in total.